The van der Waals surface area contributed by atoms with Gasteiger partial charge in [0.1, 0.15) is 5.82 Å². The third-order valence-corrected chi connectivity index (χ3v) is 2.88. The first-order chi connectivity index (χ1) is 7.02. The van der Waals surface area contributed by atoms with E-state index < -0.39 is 0 Å². The van der Waals surface area contributed by atoms with Crippen molar-refractivity contribution < 1.29 is 4.39 Å². The highest BCUT2D eigenvalue weighted by Gasteiger charge is 2.12. The van der Waals surface area contributed by atoms with E-state index in [4.69, 9.17) is 17.3 Å². The zero-order valence-corrected chi connectivity index (χ0v) is 9.19. The Morgan fingerprint density at radius 2 is 2.00 bits per heavy atom. The van der Waals surface area contributed by atoms with E-state index in [2.05, 4.69) is 4.98 Å². The topological polar surface area (TPSA) is 38.9 Å². The molecule has 2 N–H and O–H groups in total. The smallest absolute Gasteiger partial charge is 0.134 e. The van der Waals surface area contributed by atoms with E-state index in [9.17, 15) is 4.39 Å². The van der Waals surface area contributed by atoms with Crippen LogP contribution in [0.1, 0.15) is 11.3 Å². The van der Waals surface area contributed by atoms with Crippen LogP contribution in [0.4, 0.5) is 10.1 Å². The normalized spacial score (nSPS) is 10.9. The van der Waals surface area contributed by atoms with Gasteiger partial charge in [-0.15, -0.1) is 0 Å². The molecular formula is C11H10ClFN2. The molecule has 0 aliphatic heterocycles. The van der Waals surface area contributed by atoms with Gasteiger partial charge in [0, 0.05) is 11.4 Å². The Morgan fingerprint density at radius 3 is 2.67 bits per heavy atom. The van der Waals surface area contributed by atoms with Gasteiger partial charge in [0.2, 0.25) is 0 Å². The molecule has 0 amide bonds. The van der Waals surface area contributed by atoms with Crippen LogP contribution >= 0.6 is 11.6 Å². The Balaban J connectivity index is 3.04. The van der Waals surface area contributed by atoms with E-state index in [0.717, 1.165) is 11.3 Å². The second-order valence-electron chi connectivity index (χ2n) is 3.49. The van der Waals surface area contributed by atoms with E-state index in [1.165, 1.54) is 12.1 Å². The number of nitrogen functional groups attached to an aromatic ring is 1. The predicted molar refractivity (Wildman–Crippen MR) is 60.6 cm³/mol. The number of rotatable bonds is 0. The molecule has 0 aliphatic rings. The van der Waals surface area contributed by atoms with Crippen molar-refractivity contribution in [1.82, 2.24) is 4.98 Å². The van der Waals surface area contributed by atoms with Gasteiger partial charge in [-0.25, -0.2) is 4.39 Å². The third kappa shape index (κ3) is 1.43. The van der Waals surface area contributed by atoms with Crippen LogP contribution in [-0.2, 0) is 0 Å². The number of hydrogen-bond donors (Lipinski definition) is 1. The lowest BCUT2D eigenvalue weighted by molar-refractivity contribution is 0.640. The summed E-state index contributed by atoms with van der Waals surface area (Å²) in [5.41, 5.74) is 8.26. The van der Waals surface area contributed by atoms with Crippen molar-refractivity contribution in [1.29, 1.82) is 0 Å². The summed E-state index contributed by atoms with van der Waals surface area (Å²) in [6, 6.07) is 2.79. The second-order valence-corrected chi connectivity index (χ2v) is 3.90. The highest BCUT2D eigenvalue weighted by Crippen LogP contribution is 2.31. The summed E-state index contributed by atoms with van der Waals surface area (Å²) in [5, 5.41) is 0.729. The Bertz CT molecular complexity index is 552. The lowest BCUT2D eigenvalue weighted by atomic mass is 10.1. The van der Waals surface area contributed by atoms with Crippen molar-refractivity contribution >= 4 is 28.2 Å². The van der Waals surface area contributed by atoms with E-state index in [1.54, 1.807) is 0 Å². The molecule has 0 saturated carbocycles. The number of benzene rings is 1. The summed E-state index contributed by atoms with van der Waals surface area (Å²) >= 11 is 5.94. The molecule has 1 aromatic heterocycles. The highest BCUT2D eigenvalue weighted by molar-refractivity contribution is 6.35. The van der Waals surface area contributed by atoms with Gasteiger partial charge >= 0.3 is 0 Å². The number of nitrogens with two attached hydrogens (primary N) is 1. The molecule has 78 valence electrons. The summed E-state index contributed by atoms with van der Waals surface area (Å²) in [6.45, 7) is 3.64. The Kier molecular flexibility index (Phi) is 2.27. The summed E-state index contributed by atoms with van der Waals surface area (Å²) < 4.78 is 13.6. The van der Waals surface area contributed by atoms with Crippen LogP contribution in [0.5, 0.6) is 0 Å². The lowest BCUT2D eigenvalue weighted by Gasteiger charge is -2.09. The van der Waals surface area contributed by atoms with Gasteiger partial charge < -0.3 is 5.73 Å². The standard InChI is InChI=1S/C11H10ClFN2/c1-5-6(2)15-11-7(12)3-4-8(13)9(11)10(5)14/h3-4H,1-2H3,(H2,14,15). The van der Waals surface area contributed by atoms with Crippen LogP contribution in [0.15, 0.2) is 12.1 Å². The summed E-state index contributed by atoms with van der Waals surface area (Å²) in [5.74, 6) is -0.387. The average molecular weight is 225 g/mol. The molecule has 0 radical (unpaired) electrons. The van der Waals surface area contributed by atoms with Crippen LogP contribution in [0.25, 0.3) is 10.9 Å². The molecule has 0 aliphatic carbocycles. The fraction of sp³-hybridized carbons (Fsp3) is 0.182. The average Bonchev–Trinajstić information content (AvgIpc) is 2.20. The number of anilines is 1. The minimum Gasteiger partial charge on any atom is -0.398 e. The zero-order valence-electron chi connectivity index (χ0n) is 8.44. The van der Waals surface area contributed by atoms with Crippen LogP contribution in [-0.4, -0.2) is 4.98 Å². The van der Waals surface area contributed by atoms with Gasteiger partial charge in [0.15, 0.2) is 0 Å². The van der Waals surface area contributed by atoms with E-state index in [-0.39, 0.29) is 5.82 Å². The van der Waals surface area contributed by atoms with Crippen LogP contribution in [0, 0.1) is 19.7 Å². The first kappa shape index (κ1) is 10.2. The van der Waals surface area contributed by atoms with E-state index in [0.29, 0.717) is 21.6 Å². The minimum atomic E-state index is -0.387. The number of pyridine rings is 1. The first-order valence-electron chi connectivity index (χ1n) is 4.52. The molecule has 0 spiro atoms. The number of aryl methyl sites for hydroxylation is 1. The lowest BCUT2D eigenvalue weighted by Crippen LogP contribution is -1.99. The van der Waals surface area contributed by atoms with Crippen molar-refractivity contribution in [2.24, 2.45) is 0 Å². The summed E-state index contributed by atoms with van der Waals surface area (Å²) in [7, 11) is 0. The Labute approximate surface area is 91.9 Å². The molecule has 0 unspecified atom stereocenters. The number of aromatic nitrogens is 1. The summed E-state index contributed by atoms with van der Waals surface area (Å²) in [4.78, 5) is 4.24. The molecule has 15 heavy (non-hydrogen) atoms. The molecule has 1 aromatic carbocycles. The maximum atomic E-state index is 13.6. The van der Waals surface area contributed by atoms with Crippen molar-refractivity contribution in [3.63, 3.8) is 0 Å². The Morgan fingerprint density at radius 1 is 1.33 bits per heavy atom. The van der Waals surface area contributed by atoms with Crippen LogP contribution in [0.3, 0.4) is 0 Å². The molecule has 0 saturated heterocycles. The van der Waals surface area contributed by atoms with Gasteiger partial charge in [-0.05, 0) is 31.5 Å². The first-order valence-corrected chi connectivity index (χ1v) is 4.90. The van der Waals surface area contributed by atoms with Crippen molar-refractivity contribution in [3.8, 4) is 0 Å². The van der Waals surface area contributed by atoms with Gasteiger partial charge in [-0.3, -0.25) is 4.98 Å². The number of halogens is 2. The fourth-order valence-corrected chi connectivity index (χ4v) is 1.74. The van der Waals surface area contributed by atoms with Crippen molar-refractivity contribution in [2.75, 3.05) is 5.73 Å². The fourth-order valence-electron chi connectivity index (χ4n) is 1.54. The molecule has 1 heterocycles. The minimum absolute atomic E-state index is 0.311. The summed E-state index contributed by atoms with van der Waals surface area (Å²) in [6.07, 6.45) is 0. The quantitative estimate of drug-likeness (QED) is 0.746. The third-order valence-electron chi connectivity index (χ3n) is 2.57. The van der Waals surface area contributed by atoms with Crippen molar-refractivity contribution in [2.45, 2.75) is 13.8 Å². The predicted octanol–water partition coefficient (Wildman–Crippen LogP) is 3.23. The molecule has 4 heteroatoms. The maximum absolute atomic E-state index is 13.6. The Hall–Kier alpha value is -1.35. The number of fused-ring (bicyclic) bond motifs is 1. The zero-order chi connectivity index (χ0) is 11.2. The second kappa shape index (κ2) is 3.35. The number of hydrogen-bond acceptors (Lipinski definition) is 2. The number of nitrogens with zero attached hydrogens (tertiary/aromatic N) is 1. The van der Waals surface area contributed by atoms with Crippen LogP contribution in [0.2, 0.25) is 5.02 Å². The monoisotopic (exact) mass is 224 g/mol. The molecule has 2 rings (SSSR count). The molecule has 2 aromatic rings. The molecular weight excluding hydrogens is 215 g/mol. The van der Waals surface area contributed by atoms with Gasteiger partial charge in [0.05, 0.1) is 15.9 Å². The molecule has 2 nitrogen and oxygen atoms in total. The van der Waals surface area contributed by atoms with Gasteiger partial charge in [-0.1, -0.05) is 11.6 Å². The molecule has 0 fully saturated rings. The van der Waals surface area contributed by atoms with E-state index >= 15 is 0 Å². The van der Waals surface area contributed by atoms with Crippen molar-refractivity contribution in [3.05, 3.63) is 34.2 Å². The van der Waals surface area contributed by atoms with E-state index in [1.807, 2.05) is 13.8 Å². The van der Waals surface area contributed by atoms with Crippen LogP contribution < -0.4 is 5.73 Å². The molecule has 0 bridgehead atoms. The largest absolute Gasteiger partial charge is 0.398 e. The van der Waals surface area contributed by atoms with Gasteiger partial charge in [0.25, 0.3) is 0 Å². The highest BCUT2D eigenvalue weighted by atomic mass is 35.5. The van der Waals surface area contributed by atoms with Gasteiger partial charge in [-0.2, -0.15) is 0 Å². The molecule has 0 atom stereocenters. The SMILES string of the molecule is Cc1nc2c(Cl)ccc(F)c2c(N)c1C. The maximum Gasteiger partial charge on any atom is 0.134 e.